The second-order valence-corrected chi connectivity index (χ2v) is 3.99. The Labute approximate surface area is 124 Å². The van der Waals surface area contributed by atoms with Crippen molar-refractivity contribution >= 4 is 11.9 Å². The molecule has 0 aliphatic carbocycles. The summed E-state index contributed by atoms with van der Waals surface area (Å²) in [4.78, 5) is 19.9. The maximum atomic E-state index is 9.96. The van der Waals surface area contributed by atoms with Crippen LogP contribution >= 0.6 is 0 Å². The van der Waals surface area contributed by atoms with Crippen molar-refractivity contribution in [2.75, 3.05) is 0 Å². The number of carboxylic acids is 2. The van der Waals surface area contributed by atoms with Crippen molar-refractivity contribution in [1.29, 1.82) is 0 Å². The average Bonchev–Trinajstić information content (AvgIpc) is 2.33. The van der Waals surface area contributed by atoms with Crippen LogP contribution in [-0.4, -0.2) is 44.6 Å². The summed E-state index contributed by atoms with van der Waals surface area (Å²) < 4.78 is 0. The summed E-state index contributed by atoms with van der Waals surface area (Å²) in [6, 6.07) is 0. The zero-order valence-electron chi connectivity index (χ0n) is 11.3. The van der Waals surface area contributed by atoms with Gasteiger partial charge >= 0.3 is 11.9 Å². The van der Waals surface area contributed by atoms with Crippen molar-refractivity contribution < 1.29 is 47.1 Å². The molecule has 0 amide bonds. The minimum absolute atomic E-state index is 0. The molecule has 2 atom stereocenters. The summed E-state index contributed by atoms with van der Waals surface area (Å²) in [6.07, 6.45) is 1.79. The molecule has 0 aliphatic heterocycles. The second-order valence-electron chi connectivity index (χ2n) is 3.99. The van der Waals surface area contributed by atoms with Crippen molar-refractivity contribution in [1.82, 2.24) is 0 Å². The van der Waals surface area contributed by atoms with E-state index in [1.807, 2.05) is 13.8 Å². The van der Waals surface area contributed by atoms with E-state index < -0.39 is 24.1 Å². The quantitative estimate of drug-likeness (QED) is 0.499. The van der Waals surface area contributed by atoms with E-state index in [9.17, 15) is 9.59 Å². The number of carbonyl (C=O) groups is 2. The second kappa shape index (κ2) is 15.4. The van der Waals surface area contributed by atoms with Gasteiger partial charge in [0.15, 0.2) is 12.2 Å². The summed E-state index contributed by atoms with van der Waals surface area (Å²) in [5.74, 6) is -2.24. The minimum Gasteiger partial charge on any atom is -0.479 e. The Morgan fingerprint density at radius 2 is 1.11 bits per heavy atom. The normalized spacial score (nSPS) is 12.4. The van der Waals surface area contributed by atoms with Crippen LogP contribution in [0.3, 0.4) is 0 Å². The number of aliphatic carboxylic acids is 2. The molecule has 0 aromatic carbocycles. The Morgan fingerprint density at radius 3 is 1.26 bits per heavy atom. The molecular weight excluding hydrogens is 304 g/mol. The fourth-order valence-electron chi connectivity index (χ4n) is 1.04. The molecule has 0 spiro atoms. The van der Waals surface area contributed by atoms with Crippen molar-refractivity contribution in [2.45, 2.75) is 64.6 Å². The molecule has 0 saturated carbocycles. The summed E-state index contributed by atoms with van der Waals surface area (Å²) in [7, 11) is 0. The zero-order chi connectivity index (χ0) is 14.6. The molecule has 6 nitrogen and oxygen atoms in total. The van der Waals surface area contributed by atoms with Gasteiger partial charge in [-0.05, 0) is 12.8 Å². The number of carboxylic acid groups (broad SMARTS) is 2. The van der Waals surface area contributed by atoms with E-state index in [1.54, 1.807) is 0 Å². The van der Waals surface area contributed by atoms with E-state index in [1.165, 1.54) is 0 Å². The molecular formula is C12H24CuO6. The molecule has 0 rings (SSSR count). The van der Waals surface area contributed by atoms with E-state index in [-0.39, 0.29) is 17.1 Å². The van der Waals surface area contributed by atoms with Crippen molar-refractivity contribution in [3.05, 3.63) is 0 Å². The predicted molar refractivity (Wildman–Crippen MR) is 66.3 cm³/mol. The van der Waals surface area contributed by atoms with Crippen LogP contribution in [0.4, 0.5) is 0 Å². The SMILES string of the molecule is CCCCC(O)C(=O)O.CCCCC(O)C(=O)O.[Cu]. The van der Waals surface area contributed by atoms with Gasteiger partial charge in [-0.25, -0.2) is 9.59 Å². The summed E-state index contributed by atoms with van der Waals surface area (Å²) >= 11 is 0. The Kier molecular flexibility index (Phi) is 19.1. The van der Waals surface area contributed by atoms with E-state index in [0.717, 1.165) is 25.7 Å². The molecule has 119 valence electrons. The fraction of sp³-hybridized carbons (Fsp3) is 0.833. The topological polar surface area (TPSA) is 115 Å². The van der Waals surface area contributed by atoms with Gasteiger partial charge < -0.3 is 20.4 Å². The first kappa shape index (κ1) is 23.5. The Bertz CT molecular complexity index is 210. The molecule has 19 heavy (non-hydrogen) atoms. The van der Waals surface area contributed by atoms with Crippen LogP contribution in [0.5, 0.6) is 0 Å². The smallest absolute Gasteiger partial charge is 0.332 e. The van der Waals surface area contributed by atoms with Crippen molar-refractivity contribution in [3.63, 3.8) is 0 Å². The van der Waals surface area contributed by atoms with E-state index in [2.05, 4.69) is 0 Å². The van der Waals surface area contributed by atoms with Crippen LogP contribution in [0.25, 0.3) is 0 Å². The van der Waals surface area contributed by atoms with Crippen molar-refractivity contribution in [2.24, 2.45) is 0 Å². The van der Waals surface area contributed by atoms with Crippen LogP contribution < -0.4 is 0 Å². The van der Waals surface area contributed by atoms with E-state index >= 15 is 0 Å². The molecule has 2 unspecified atom stereocenters. The van der Waals surface area contributed by atoms with Crippen molar-refractivity contribution in [3.8, 4) is 0 Å². The van der Waals surface area contributed by atoms with Crippen LogP contribution in [0.15, 0.2) is 0 Å². The standard InChI is InChI=1S/2C6H12O3.Cu/c2*1-2-3-4-5(7)6(8)9;/h2*5,7H,2-4H2,1H3,(H,8,9);. The van der Waals surface area contributed by atoms with Gasteiger partial charge in [0.25, 0.3) is 0 Å². The molecule has 0 aromatic heterocycles. The van der Waals surface area contributed by atoms with Gasteiger partial charge in [-0.15, -0.1) is 0 Å². The minimum atomic E-state index is -1.16. The number of hydrogen-bond donors (Lipinski definition) is 4. The summed E-state index contributed by atoms with van der Waals surface area (Å²) in [5.41, 5.74) is 0. The number of aliphatic hydroxyl groups is 2. The molecule has 7 heteroatoms. The van der Waals surface area contributed by atoms with Gasteiger partial charge in [0.1, 0.15) is 0 Å². The molecule has 4 N–H and O–H groups in total. The maximum Gasteiger partial charge on any atom is 0.332 e. The van der Waals surface area contributed by atoms with Gasteiger partial charge in [-0.3, -0.25) is 0 Å². The van der Waals surface area contributed by atoms with Gasteiger partial charge in [-0.2, -0.15) is 0 Å². The number of rotatable bonds is 8. The monoisotopic (exact) mass is 327 g/mol. The van der Waals surface area contributed by atoms with Gasteiger partial charge in [0, 0.05) is 17.1 Å². The zero-order valence-corrected chi connectivity index (χ0v) is 12.2. The van der Waals surface area contributed by atoms with E-state index in [0.29, 0.717) is 12.8 Å². The third-order valence-corrected chi connectivity index (χ3v) is 2.23. The first-order valence-corrected chi connectivity index (χ1v) is 6.18. The van der Waals surface area contributed by atoms with Gasteiger partial charge in [0.2, 0.25) is 0 Å². The van der Waals surface area contributed by atoms with Crippen LogP contribution in [0, 0.1) is 0 Å². The number of hydrogen-bond acceptors (Lipinski definition) is 4. The first-order valence-electron chi connectivity index (χ1n) is 6.18. The molecule has 1 radical (unpaired) electrons. The molecule has 0 fully saturated rings. The largest absolute Gasteiger partial charge is 0.479 e. The van der Waals surface area contributed by atoms with Gasteiger partial charge in [-0.1, -0.05) is 39.5 Å². The third kappa shape index (κ3) is 17.4. The summed E-state index contributed by atoms with van der Waals surface area (Å²) in [6.45, 7) is 3.91. The predicted octanol–water partition coefficient (Wildman–Crippen LogP) is 1.24. The molecule has 0 bridgehead atoms. The molecule has 0 heterocycles. The fourth-order valence-corrected chi connectivity index (χ4v) is 1.04. The maximum absolute atomic E-state index is 9.96. The first-order chi connectivity index (χ1) is 8.36. The summed E-state index contributed by atoms with van der Waals surface area (Å²) in [5, 5.41) is 33.6. The number of aliphatic hydroxyl groups excluding tert-OH is 2. The van der Waals surface area contributed by atoms with E-state index in [4.69, 9.17) is 20.4 Å². The van der Waals surface area contributed by atoms with Crippen LogP contribution in [-0.2, 0) is 26.7 Å². The Morgan fingerprint density at radius 1 is 0.842 bits per heavy atom. The Hall–Kier alpha value is -0.621. The molecule has 0 saturated heterocycles. The molecule has 0 aromatic rings. The van der Waals surface area contributed by atoms with Crippen LogP contribution in [0.2, 0.25) is 0 Å². The number of unbranched alkanes of at least 4 members (excludes halogenated alkanes) is 2. The Balaban J connectivity index is -0.000000256. The third-order valence-electron chi connectivity index (χ3n) is 2.23. The van der Waals surface area contributed by atoms with Gasteiger partial charge in [0.05, 0.1) is 0 Å². The molecule has 0 aliphatic rings. The average molecular weight is 328 g/mol. The van der Waals surface area contributed by atoms with Crippen LogP contribution in [0.1, 0.15) is 52.4 Å².